The van der Waals surface area contributed by atoms with Gasteiger partial charge in [-0.05, 0) is 46.0 Å². The number of hydrogen-bond donors (Lipinski definition) is 1. The standard InChI is InChI=1S/C17H29NO4/c1-12(2)11-13(18-15(20)22-16(3,4)5)7-8-17(9-10-17)14(19)21-6/h7-8,12-13H,9-11H2,1-6H3,(H,18,20)/b8-7+/t13-/m1/s1. The smallest absolute Gasteiger partial charge is 0.408 e. The first-order valence-electron chi connectivity index (χ1n) is 7.85. The Morgan fingerprint density at radius 1 is 1.27 bits per heavy atom. The zero-order valence-corrected chi connectivity index (χ0v) is 14.6. The van der Waals surface area contributed by atoms with Crippen LogP contribution in [0.25, 0.3) is 0 Å². The van der Waals surface area contributed by atoms with E-state index in [4.69, 9.17) is 9.47 Å². The van der Waals surface area contributed by atoms with Crippen LogP contribution in [0.4, 0.5) is 4.79 Å². The summed E-state index contributed by atoms with van der Waals surface area (Å²) in [4.78, 5) is 23.7. The second-order valence-corrected chi connectivity index (χ2v) is 7.39. The number of carbonyl (C=O) groups excluding carboxylic acids is 2. The molecule has 1 fully saturated rings. The van der Waals surface area contributed by atoms with Crippen molar-refractivity contribution in [3.8, 4) is 0 Å². The molecule has 126 valence electrons. The fraction of sp³-hybridized carbons (Fsp3) is 0.765. The molecule has 1 saturated carbocycles. The first-order chi connectivity index (χ1) is 10.1. The highest BCUT2D eigenvalue weighted by Crippen LogP contribution is 2.48. The average molecular weight is 311 g/mol. The number of hydrogen-bond acceptors (Lipinski definition) is 4. The van der Waals surface area contributed by atoms with E-state index in [0.717, 1.165) is 19.3 Å². The minimum absolute atomic E-state index is 0.156. The van der Waals surface area contributed by atoms with E-state index in [1.807, 2.05) is 32.9 Å². The van der Waals surface area contributed by atoms with Crippen LogP contribution in [0.5, 0.6) is 0 Å². The van der Waals surface area contributed by atoms with Crippen LogP contribution in [0.3, 0.4) is 0 Å². The lowest BCUT2D eigenvalue weighted by Gasteiger charge is -2.23. The highest BCUT2D eigenvalue weighted by atomic mass is 16.6. The summed E-state index contributed by atoms with van der Waals surface area (Å²) < 4.78 is 10.1. The Kier molecular flexibility index (Phi) is 6.03. The summed E-state index contributed by atoms with van der Waals surface area (Å²) in [6.07, 6.45) is 5.73. The molecular formula is C17H29NO4. The molecule has 0 saturated heterocycles. The number of methoxy groups -OCH3 is 1. The molecule has 1 aliphatic carbocycles. The lowest BCUT2D eigenvalue weighted by Crippen LogP contribution is -2.39. The molecule has 0 aromatic carbocycles. The second-order valence-electron chi connectivity index (χ2n) is 7.39. The van der Waals surface area contributed by atoms with Gasteiger partial charge in [0.2, 0.25) is 0 Å². The zero-order valence-electron chi connectivity index (χ0n) is 14.6. The summed E-state index contributed by atoms with van der Waals surface area (Å²) in [5.41, 5.74) is -1.01. The van der Waals surface area contributed by atoms with Crippen molar-refractivity contribution in [1.29, 1.82) is 0 Å². The summed E-state index contributed by atoms with van der Waals surface area (Å²) in [7, 11) is 1.40. The maximum atomic E-state index is 11.9. The summed E-state index contributed by atoms with van der Waals surface area (Å²) in [5, 5.41) is 2.86. The molecule has 0 heterocycles. The number of alkyl carbamates (subject to hydrolysis) is 1. The molecule has 5 nitrogen and oxygen atoms in total. The summed E-state index contributed by atoms with van der Waals surface area (Å²) in [5.74, 6) is 0.210. The predicted molar refractivity (Wildman–Crippen MR) is 85.4 cm³/mol. The highest BCUT2D eigenvalue weighted by molar-refractivity contribution is 5.82. The molecule has 0 radical (unpaired) electrons. The third kappa shape index (κ3) is 6.08. The van der Waals surface area contributed by atoms with Crippen LogP contribution in [0.1, 0.15) is 53.9 Å². The molecule has 0 aliphatic heterocycles. The Bertz CT molecular complexity index is 430. The number of nitrogens with one attached hydrogen (secondary N) is 1. The van der Waals surface area contributed by atoms with Gasteiger partial charge in [-0.25, -0.2) is 4.79 Å². The van der Waals surface area contributed by atoms with E-state index in [0.29, 0.717) is 5.92 Å². The lowest BCUT2D eigenvalue weighted by atomic mass is 10.00. The normalized spacial score (nSPS) is 18.1. The van der Waals surface area contributed by atoms with Crippen LogP contribution < -0.4 is 5.32 Å². The van der Waals surface area contributed by atoms with Crippen molar-refractivity contribution in [2.75, 3.05) is 7.11 Å². The number of amides is 1. The van der Waals surface area contributed by atoms with Gasteiger partial charge in [0, 0.05) is 0 Å². The van der Waals surface area contributed by atoms with Crippen LogP contribution in [-0.4, -0.2) is 30.8 Å². The minimum atomic E-state index is -0.528. The number of ether oxygens (including phenoxy) is 2. The van der Waals surface area contributed by atoms with Crippen molar-refractivity contribution < 1.29 is 19.1 Å². The van der Waals surface area contributed by atoms with E-state index in [9.17, 15) is 9.59 Å². The molecule has 1 atom stereocenters. The average Bonchev–Trinajstić information content (AvgIpc) is 3.13. The molecule has 5 heteroatoms. The van der Waals surface area contributed by atoms with Gasteiger partial charge in [0.25, 0.3) is 0 Å². The Morgan fingerprint density at radius 2 is 1.86 bits per heavy atom. The number of esters is 1. The summed E-state index contributed by atoms with van der Waals surface area (Å²) in [6.45, 7) is 9.67. The molecule has 0 unspecified atom stereocenters. The molecule has 0 bridgehead atoms. The Morgan fingerprint density at radius 3 is 2.27 bits per heavy atom. The largest absolute Gasteiger partial charge is 0.468 e. The molecule has 0 aromatic heterocycles. The SMILES string of the molecule is COC(=O)C1(/C=C/[C@H](CC(C)C)NC(=O)OC(C)(C)C)CC1. The van der Waals surface area contributed by atoms with Crippen molar-refractivity contribution in [3.63, 3.8) is 0 Å². The van der Waals surface area contributed by atoms with Crippen molar-refractivity contribution >= 4 is 12.1 Å². The van der Waals surface area contributed by atoms with Gasteiger partial charge in [-0.3, -0.25) is 4.79 Å². The molecule has 1 N–H and O–H groups in total. The monoisotopic (exact) mass is 311 g/mol. The predicted octanol–water partition coefficient (Wildman–Crippen LogP) is 3.44. The molecular weight excluding hydrogens is 282 g/mol. The fourth-order valence-corrected chi connectivity index (χ4v) is 2.23. The van der Waals surface area contributed by atoms with E-state index in [1.54, 1.807) is 0 Å². The highest BCUT2D eigenvalue weighted by Gasteiger charge is 2.48. The van der Waals surface area contributed by atoms with Crippen LogP contribution in [0.2, 0.25) is 0 Å². The number of rotatable bonds is 6. The third-order valence-electron chi connectivity index (χ3n) is 3.46. The first-order valence-corrected chi connectivity index (χ1v) is 7.85. The van der Waals surface area contributed by atoms with Crippen molar-refractivity contribution in [1.82, 2.24) is 5.32 Å². The van der Waals surface area contributed by atoms with Crippen LogP contribution in [0.15, 0.2) is 12.2 Å². The topological polar surface area (TPSA) is 64.6 Å². The van der Waals surface area contributed by atoms with Gasteiger partial charge in [-0.1, -0.05) is 26.0 Å². The van der Waals surface area contributed by atoms with Gasteiger partial charge in [-0.2, -0.15) is 0 Å². The van der Waals surface area contributed by atoms with Gasteiger partial charge in [0.05, 0.1) is 18.6 Å². The Balaban J connectivity index is 2.69. The zero-order chi connectivity index (χ0) is 17.0. The van der Waals surface area contributed by atoms with Gasteiger partial charge >= 0.3 is 12.1 Å². The minimum Gasteiger partial charge on any atom is -0.468 e. The third-order valence-corrected chi connectivity index (χ3v) is 3.46. The van der Waals surface area contributed by atoms with E-state index < -0.39 is 17.1 Å². The maximum absolute atomic E-state index is 11.9. The quantitative estimate of drug-likeness (QED) is 0.603. The second kappa shape index (κ2) is 7.16. The molecule has 1 amide bonds. The van der Waals surface area contributed by atoms with Crippen LogP contribution in [0, 0.1) is 11.3 Å². The Hall–Kier alpha value is -1.52. The lowest BCUT2D eigenvalue weighted by molar-refractivity contribution is -0.145. The maximum Gasteiger partial charge on any atom is 0.408 e. The number of carbonyl (C=O) groups is 2. The van der Waals surface area contributed by atoms with Crippen molar-refractivity contribution in [2.45, 2.75) is 65.5 Å². The fourth-order valence-electron chi connectivity index (χ4n) is 2.23. The summed E-state index contributed by atoms with van der Waals surface area (Å²) in [6, 6.07) is -0.156. The van der Waals surface area contributed by atoms with E-state index in [1.165, 1.54) is 7.11 Å². The summed E-state index contributed by atoms with van der Waals surface area (Å²) >= 11 is 0. The van der Waals surface area contributed by atoms with E-state index in [-0.39, 0.29) is 12.0 Å². The van der Waals surface area contributed by atoms with Gasteiger partial charge in [0.15, 0.2) is 0 Å². The van der Waals surface area contributed by atoms with Gasteiger partial charge < -0.3 is 14.8 Å². The molecule has 22 heavy (non-hydrogen) atoms. The molecule has 1 rings (SSSR count). The van der Waals surface area contributed by atoms with Crippen LogP contribution in [-0.2, 0) is 14.3 Å². The molecule has 1 aliphatic rings. The van der Waals surface area contributed by atoms with E-state index >= 15 is 0 Å². The van der Waals surface area contributed by atoms with Gasteiger partial charge in [0.1, 0.15) is 5.60 Å². The van der Waals surface area contributed by atoms with Crippen molar-refractivity contribution in [2.24, 2.45) is 11.3 Å². The molecule has 0 aromatic rings. The molecule has 0 spiro atoms. The van der Waals surface area contributed by atoms with Gasteiger partial charge in [-0.15, -0.1) is 0 Å². The van der Waals surface area contributed by atoms with E-state index in [2.05, 4.69) is 19.2 Å². The Labute approximate surface area is 133 Å². The van der Waals surface area contributed by atoms with Crippen molar-refractivity contribution in [3.05, 3.63) is 12.2 Å². The van der Waals surface area contributed by atoms with Crippen LogP contribution >= 0.6 is 0 Å². The first kappa shape index (κ1) is 18.5.